The van der Waals surface area contributed by atoms with Crippen LogP contribution in [0.3, 0.4) is 0 Å². The highest BCUT2D eigenvalue weighted by Gasteiger charge is 2.26. The van der Waals surface area contributed by atoms with Crippen LogP contribution in [0.2, 0.25) is 0 Å². The normalized spacial score (nSPS) is 12.5. The molecule has 0 bridgehead atoms. The van der Waals surface area contributed by atoms with E-state index in [1.807, 2.05) is 17.5 Å². The van der Waals surface area contributed by atoms with Crippen LogP contribution in [-0.2, 0) is 5.41 Å². The number of H-pyrrole nitrogens is 1. The molecule has 15 heavy (non-hydrogen) atoms. The molecule has 0 atom stereocenters. The van der Waals surface area contributed by atoms with Gasteiger partial charge in [0, 0.05) is 17.2 Å². The molecule has 2 aromatic heterocycles. The third kappa shape index (κ3) is 1.76. The average molecular weight is 224 g/mol. The Hall–Kier alpha value is -0.970. The molecule has 0 amide bonds. The van der Waals surface area contributed by atoms with Gasteiger partial charge in [0.15, 0.2) is 11.5 Å². The Bertz CT molecular complexity index is 469. The molecular formula is C10H16N4S. The third-order valence-corrected chi connectivity index (χ3v) is 2.89. The van der Waals surface area contributed by atoms with E-state index < -0.39 is 0 Å². The highest BCUT2D eigenvalue weighted by atomic mass is 32.1. The van der Waals surface area contributed by atoms with E-state index in [4.69, 9.17) is 0 Å². The first-order valence-electron chi connectivity index (χ1n) is 5.07. The van der Waals surface area contributed by atoms with E-state index in [0.29, 0.717) is 0 Å². The van der Waals surface area contributed by atoms with Crippen molar-refractivity contribution in [1.29, 1.82) is 0 Å². The highest BCUT2D eigenvalue weighted by Crippen LogP contribution is 2.26. The fourth-order valence-electron chi connectivity index (χ4n) is 1.73. The lowest BCUT2D eigenvalue weighted by atomic mass is 9.89. The first-order chi connectivity index (χ1) is 7.04. The molecule has 0 saturated carbocycles. The number of hydrogen-bond donors (Lipinski definition) is 2. The minimum absolute atomic E-state index is 0.00153. The van der Waals surface area contributed by atoms with Crippen LogP contribution >= 0.6 is 12.6 Å². The number of aryl methyl sites for hydroxylation is 1. The maximum absolute atomic E-state index is 4.28. The summed E-state index contributed by atoms with van der Waals surface area (Å²) < 4.78 is 1.96. The molecule has 0 aromatic carbocycles. The zero-order valence-electron chi connectivity index (χ0n) is 9.28. The standard InChI is InChI=1S/C10H16N4S/c1-7-6-8-11-12-9(14(8)13-7)10(2,3)4-5-15/h6,13,15H,4-5H2,1-3H3. The Kier molecular flexibility index (Phi) is 2.50. The van der Waals surface area contributed by atoms with E-state index in [1.165, 1.54) is 0 Å². The van der Waals surface area contributed by atoms with Crippen molar-refractivity contribution in [3.05, 3.63) is 17.6 Å². The van der Waals surface area contributed by atoms with Crippen molar-refractivity contribution < 1.29 is 0 Å². The summed E-state index contributed by atoms with van der Waals surface area (Å²) >= 11 is 4.28. The van der Waals surface area contributed by atoms with Crippen molar-refractivity contribution >= 4 is 18.3 Å². The van der Waals surface area contributed by atoms with Gasteiger partial charge in [-0.3, -0.25) is 5.10 Å². The minimum Gasteiger partial charge on any atom is -0.295 e. The molecule has 0 fully saturated rings. The molecule has 0 radical (unpaired) electrons. The monoisotopic (exact) mass is 224 g/mol. The lowest BCUT2D eigenvalue weighted by Gasteiger charge is -2.20. The average Bonchev–Trinajstić information content (AvgIpc) is 2.61. The third-order valence-electron chi connectivity index (χ3n) is 2.66. The number of nitrogens with zero attached hydrogens (tertiary/aromatic N) is 3. The lowest BCUT2D eigenvalue weighted by molar-refractivity contribution is 0.464. The Labute approximate surface area is 94.5 Å². The van der Waals surface area contributed by atoms with Crippen molar-refractivity contribution in [2.75, 3.05) is 5.75 Å². The van der Waals surface area contributed by atoms with Crippen LogP contribution in [0, 0.1) is 6.92 Å². The molecule has 0 aliphatic carbocycles. The molecule has 2 aromatic rings. The maximum atomic E-state index is 4.28. The van der Waals surface area contributed by atoms with Crippen molar-refractivity contribution in [1.82, 2.24) is 19.8 Å². The molecule has 5 heteroatoms. The van der Waals surface area contributed by atoms with E-state index in [-0.39, 0.29) is 5.41 Å². The Morgan fingerprint density at radius 3 is 2.87 bits per heavy atom. The van der Waals surface area contributed by atoms with Gasteiger partial charge in [0.2, 0.25) is 0 Å². The second-order valence-corrected chi connectivity index (χ2v) is 4.96. The van der Waals surface area contributed by atoms with Crippen LogP contribution in [0.15, 0.2) is 6.07 Å². The van der Waals surface area contributed by atoms with Crippen LogP contribution in [0.25, 0.3) is 5.65 Å². The van der Waals surface area contributed by atoms with Gasteiger partial charge in [-0.05, 0) is 19.1 Å². The van der Waals surface area contributed by atoms with Crippen LogP contribution in [0.4, 0.5) is 0 Å². The summed E-state index contributed by atoms with van der Waals surface area (Å²) in [4.78, 5) is 0. The zero-order chi connectivity index (χ0) is 11.1. The largest absolute Gasteiger partial charge is 0.295 e. The molecule has 0 unspecified atom stereocenters. The van der Waals surface area contributed by atoms with E-state index in [1.54, 1.807) is 0 Å². The fourth-order valence-corrected chi connectivity index (χ4v) is 2.29. The highest BCUT2D eigenvalue weighted by molar-refractivity contribution is 7.80. The van der Waals surface area contributed by atoms with Gasteiger partial charge in [-0.15, -0.1) is 10.2 Å². The van der Waals surface area contributed by atoms with Gasteiger partial charge in [0.25, 0.3) is 0 Å². The zero-order valence-corrected chi connectivity index (χ0v) is 10.2. The summed E-state index contributed by atoms with van der Waals surface area (Å²) in [7, 11) is 0. The van der Waals surface area contributed by atoms with Gasteiger partial charge in [0.1, 0.15) is 0 Å². The molecule has 0 aliphatic heterocycles. The van der Waals surface area contributed by atoms with Crippen molar-refractivity contribution in [2.24, 2.45) is 0 Å². The summed E-state index contributed by atoms with van der Waals surface area (Å²) in [5.41, 5.74) is 1.98. The number of aromatic nitrogens is 4. The van der Waals surface area contributed by atoms with Gasteiger partial charge >= 0.3 is 0 Å². The maximum Gasteiger partial charge on any atom is 0.177 e. The molecule has 1 N–H and O–H groups in total. The second-order valence-electron chi connectivity index (χ2n) is 4.51. The first-order valence-corrected chi connectivity index (χ1v) is 5.70. The van der Waals surface area contributed by atoms with Gasteiger partial charge in [0.05, 0.1) is 0 Å². The molecule has 0 spiro atoms. The SMILES string of the molecule is Cc1cc2nnc(C(C)(C)CCS)n2[nH]1. The number of hydrogen-bond acceptors (Lipinski definition) is 3. The van der Waals surface area contributed by atoms with Crippen molar-refractivity contribution in [3.8, 4) is 0 Å². The van der Waals surface area contributed by atoms with Crippen LogP contribution in [0.5, 0.6) is 0 Å². The number of fused-ring (bicyclic) bond motifs is 1. The second kappa shape index (κ2) is 3.56. The fraction of sp³-hybridized carbons (Fsp3) is 0.600. The smallest absolute Gasteiger partial charge is 0.177 e. The van der Waals surface area contributed by atoms with E-state index in [0.717, 1.165) is 29.3 Å². The van der Waals surface area contributed by atoms with Crippen LogP contribution < -0.4 is 0 Å². The summed E-state index contributed by atoms with van der Waals surface area (Å²) in [5, 5.41) is 11.6. The molecule has 0 saturated heterocycles. The molecule has 82 valence electrons. The number of thiol groups is 1. The van der Waals surface area contributed by atoms with E-state index in [9.17, 15) is 0 Å². The number of aromatic amines is 1. The van der Waals surface area contributed by atoms with Crippen LogP contribution in [0.1, 0.15) is 31.8 Å². The quantitative estimate of drug-likeness (QED) is 0.783. The van der Waals surface area contributed by atoms with Gasteiger partial charge < -0.3 is 0 Å². The molecule has 2 heterocycles. The molecule has 0 aliphatic rings. The van der Waals surface area contributed by atoms with E-state index in [2.05, 4.69) is 41.8 Å². The summed E-state index contributed by atoms with van der Waals surface area (Å²) in [6.07, 6.45) is 0.981. The van der Waals surface area contributed by atoms with Crippen LogP contribution in [-0.4, -0.2) is 25.6 Å². The predicted molar refractivity (Wildman–Crippen MR) is 63.6 cm³/mol. The molecule has 4 nitrogen and oxygen atoms in total. The van der Waals surface area contributed by atoms with Gasteiger partial charge in [-0.2, -0.15) is 12.6 Å². The van der Waals surface area contributed by atoms with Gasteiger partial charge in [-0.25, -0.2) is 4.52 Å². The summed E-state index contributed by atoms with van der Waals surface area (Å²) in [6, 6.07) is 1.99. The minimum atomic E-state index is -0.00153. The Balaban J connectivity index is 2.50. The molecular weight excluding hydrogens is 208 g/mol. The number of nitrogens with one attached hydrogen (secondary N) is 1. The van der Waals surface area contributed by atoms with Gasteiger partial charge in [-0.1, -0.05) is 13.8 Å². The lowest BCUT2D eigenvalue weighted by Crippen LogP contribution is -2.22. The predicted octanol–water partition coefficient (Wildman–Crippen LogP) is 1.96. The first kappa shape index (κ1) is 10.5. The molecule has 2 rings (SSSR count). The topological polar surface area (TPSA) is 46.0 Å². The Morgan fingerprint density at radius 2 is 2.20 bits per heavy atom. The summed E-state index contributed by atoms with van der Waals surface area (Å²) in [6.45, 7) is 6.34. The Morgan fingerprint density at radius 1 is 1.47 bits per heavy atom. The van der Waals surface area contributed by atoms with Crippen molar-refractivity contribution in [3.63, 3.8) is 0 Å². The van der Waals surface area contributed by atoms with E-state index >= 15 is 0 Å². The number of rotatable bonds is 3. The van der Waals surface area contributed by atoms with Crippen molar-refractivity contribution in [2.45, 2.75) is 32.6 Å². The summed E-state index contributed by atoms with van der Waals surface area (Å²) in [5.74, 6) is 1.82.